The van der Waals surface area contributed by atoms with Crippen LogP contribution < -0.4 is 5.32 Å². The minimum atomic E-state index is -0.577. The third kappa shape index (κ3) is 4.12. The molecule has 0 saturated heterocycles. The molecule has 1 unspecified atom stereocenters. The number of aromatic hydroxyl groups is 1. The predicted octanol–water partition coefficient (Wildman–Crippen LogP) is 6.27. The lowest BCUT2D eigenvalue weighted by atomic mass is 9.97. The van der Waals surface area contributed by atoms with Gasteiger partial charge in [-0.25, -0.2) is 6.57 Å². The third-order valence-electron chi connectivity index (χ3n) is 4.35. The maximum Gasteiger partial charge on any atom is 0.275 e. The van der Waals surface area contributed by atoms with Crippen LogP contribution in [-0.2, 0) is 0 Å². The highest BCUT2D eigenvalue weighted by atomic mass is 35.5. The third-order valence-corrected chi connectivity index (χ3v) is 4.93. The van der Waals surface area contributed by atoms with Crippen LogP contribution in [0.15, 0.2) is 60.7 Å². The van der Waals surface area contributed by atoms with E-state index in [9.17, 15) is 9.90 Å². The Balaban J connectivity index is 1.92. The summed E-state index contributed by atoms with van der Waals surface area (Å²) in [5.74, 6) is -0.541. The summed E-state index contributed by atoms with van der Waals surface area (Å²) in [6.07, 6.45) is 0. The smallest absolute Gasteiger partial charge is 0.275 e. The van der Waals surface area contributed by atoms with Crippen LogP contribution in [-0.4, -0.2) is 11.0 Å². The molecule has 0 saturated carbocycles. The standard InChI is InChI=1S/C22H16Cl2N2O2/c1-13-11-17(21(25-2)14-7-9-15(23)10-8-14)18(24)12-19(13)26-22(28)16-5-3-4-6-20(16)27/h3-12,21,27H,1H3,(H,26,28). The molecule has 4 nitrogen and oxygen atoms in total. The topological polar surface area (TPSA) is 53.7 Å². The summed E-state index contributed by atoms with van der Waals surface area (Å²) in [5.41, 5.74) is 2.87. The van der Waals surface area contributed by atoms with E-state index in [0.717, 1.165) is 11.1 Å². The number of para-hydroxylation sites is 1. The Morgan fingerprint density at radius 3 is 2.43 bits per heavy atom. The number of rotatable bonds is 4. The van der Waals surface area contributed by atoms with Crippen LogP contribution in [0.4, 0.5) is 5.69 Å². The lowest BCUT2D eigenvalue weighted by molar-refractivity contribution is 0.102. The van der Waals surface area contributed by atoms with Crippen molar-refractivity contribution in [2.75, 3.05) is 5.32 Å². The number of halogens is 2. The van der Waals surface area contributed by atoms with Gasteiger partial charge in [0.25, 0.3) is 11.9 Å². The molecule has 0 aliphatic heterocycles. The number of nitrogens with one attached hydrogen (secondary N) is 1. The molecule has 0 bridgehead atoms. The van der Waals surface area contributed by atoms with Crippen LogP contribution in [0.1, 0.15) is 33.1 Å². The summed E-state index contributed by atoms with van der Waals surface area (Å²) in [6, 6.07) is 16.2. The van der Waals surface area contributed by atoms with Gasteiger partial charge in [-0.2, -0.15) is 0 Å². The van der Waals surface area contributed by atoms with Crippen molar-refractivity contribution in [3.05, 3.63) is 104 Å². The number of carbonyl (C=O) groups excluding carboxylic acids is 1. The first kappa shape index (κ1) is 19.8. The number of phenolic OH excluding ortho intramolecular Hbond substituents is 1. The molecule has 3 rings (SSSR count). The van der Waals surface area contributed by atoms with E-state index in [1.54, 1.807) is 48.5 Å². The number of amides is 1. The fraction of sp³-hybridized carbons (Fsp3) is 0.0909. The molecular formula is C22H16Cl2N2O2. The van der Waals surface area contributed by atoms with E-state index in [0.29, 0.717) is 21.3 Å². The molecule has 1 atom stereocenters. The van der Waals surface area contributed by atoms with Crippen LogP contribution in [0.5, 0.6) is 5.75 Å². The van der Waals surface area contributed by atoms with Gasteiger partial charge in [0.15, 0.2) is 0 Å². The normalized spacial score (nSPS) is 11.5. The second kappa shape index (κ2) is 8.35. The van der Waals surface area contributed by atoms with Gasteiger partial charge in [0, 0.05) is 16.3 Å². The van der Waals surface area contributed by atoms with Gasteiger partial charge in [0.2, 0.25) is 0 Å². The van der Waals surface area contributed by atoms with E-state index in [1.807, 2.05) is 6.92 Å². The second-order valence-electron chi connectivity index (χ2n) is 6.24. The Kier molecular flexibility index (Phi) is 5.89. The molecule has 140 valence electrons. The Morgan fingerprint density at radius 2 is 1.79 bits per heavy atom. The van der Waals surface area contributed by atoms with Crippen molar-refractivity contribution in [2.24, 2.45) is 0 Å². The molecular weight excluding hydrogens is 395 g/mol. The van der Waals surface area contributed by atoms with Gasteiger partial charge in [-0.1, -0.05) is 35.3 Å². The largest absolute Gasteiger partial charge is 0.507 e. The zero-order valence-electron chi connectivity index (χ0n) is 14.9. The van der Waals surface area contributed by atoms with Crippen molar-refractivity contribution in [3.63, 3.8) is 0 Å². The van der Waals surface area contributed by atoms with E-state index in [2.05, 4.69) is 10.2 Å². The molecule has 0 spiro atoms. The first-order chi connectivity index (χ1) is 13.4. The van der Waals surface area contributed by atoms with Crippen molar-refractivity contribution in [3.8, 4) is 5.75 Å². The molecule has 0 fully saturated rings. The zero-order chi connectivity index (χ0) is 20.3. The lowest BCUT2D eigenvalue weighted by Gasteiger charge is -2.14. The summed E-state index contributed by atoms with van der Waals surface area (Å²) >= 11 is 12.4. The maximum atomic E-state index is 12.5. The minimum absolute atomic E-state index is 0.101. The van der Waals surface area contributed by atoms with Gasteiger partial charge in [0.1, 0.15) is 5.75 Å². The Hall–Kier alpha value is -3.00. The van der Waals surface area contributed by atoms with E-state index in [4.69, 9.17) is 29.8 Å². The van der Waals surface area contributed by atoms with E-state index in [1.165, 1.54) is 12.1 Å². The van der Waals surface area contributed by atoms with Crippen molar-refractivity contribution in [1.29, 1.82) is 0 Å². The highest BCUT2D eigenvalue weighted by Crippen LogP contribution is 2.35. The van der Waals surface area contributed by atoms with Crippen LogP contribution in [0.3, 0.4) is 0 Å². The number of hydrogen-bond acceptors (Lipinski definition) is 2. The Morgan fingerprint density at radius 1 is 1.11 bits per heavy atom. The van der Waals surface area contributed by atoms with Gasteiger partial charge in [-0.05, 0) is 61.0 Å². The molecule has 1 amide bonds. The van der Waals surface area contributed by atoms with Crippen molar-refractivity contribution in [2.45, 2.75) is 13.0 Å². The summed E-state index contributed by atoms with van der Waals surface area (Å²) < 4.78 is 0. The molecule has 0 heterocycles. The molecule has 0 aliphatic rings. The van der Waals surface area contributed by atoms with E-state index in [-0.39, 0.29) is 11.3 Å². The fourth-order valence-corrected chi connectivity index (χ4v) is 3.27. The molecule has 2 N–H and O–H groups in total. The average molecular weight is 411 g/mol. The SMILES string of the molecule is [C-]#[N+]C(c1ccc(Cl)cc1)c1cc(C)c(NC(=O)c2ccccc2O)cc1Cl. The molecule has 0 radical (unpaired) electrons. The molecule has 6 heteroatoms. The summed E-state index contributed by atoms with van der Waals surface area (Å²) in [5, 5.41) is 13.6. The number of hydrogen-bond donors (Lipinski definition) is 2. The van der Waals surface area contributed by atoms with Gasteiger partial charge >= 0.3 is 0 Å². The number of aryl methyl sites for hydroxylation is 1. The summed E-state index contributed by atoms with van der Waals surface area (Å²) in [4.78, 5) is 16.2. The molecule has 0 aromatic heterocycles. The van der Waals surface area contributed by atoms with Crippen molar-refractivity contribution in [1.82, 2.24) is 0 Å². The van der Waals surface area contributed by atoms with Crippen LogP contribution >= 0.6 is 23.2 Å². The first-order valence-corrected chi connectivity index (χ1v) is 9.17. The van der Waals surface area contributed by atoms with Crippen LogP contribution in [0.2, 0.25) is 10.0 Å². The number of anilines is 1. The zero-order valence-corrected chi connectivity index (χ0v) is 16.4. The molecule has 28 heavy (non-hydrogen) atoms. The van der Waals surface area contributed by atoms with Gasteiger partial charge < -0.3 is 15.3 Å². The van der Waals surface area contributed by atoms with Crippen LogP contribution in [0, 0.1) is 13.5 Å². The van der Waals surface area contributed by atoms with E-state index >= 15 is 0 Å². The van der Waals surface area contributed by atoms with Crippen molar-refractivity contribution >= 4 is 34.8 Å². The molecule has 3 aromatic carbocycles. The number of phenols is 1. The summed E-state index contributed by atoms with van der Waals surface area (Å²) in [7, 11) is 0. The lowest BCUT2D eigenvalue weighted by Crippen LogP contribution is -2.13. The Labute approximate surface area is 173 Å². The first-order valence-electron chi connectivity index (χ1n) is 8.42. The fourth-order valence-electron chi connectivity index (χ4n) is 2.87. The van der Waals surface area contributed by atoms with Crippen LogP contribution in [0.25, 0.3) is 4.85 Å². The van der Waals surface area contributed by atoms with Gasteiger partial charge in [0.05, 0.1) is 16.1 Å². The average Bonchev–Trinajstić information content (AvgIpc) is 2.67. The van der Waals surface area contributed by atoms with Gasteiger partial charge in [-0.3, -0.25) is 4.79 Å². The van der Waals surface area contributed by atoms with Crippen molar-refractivity contribution < 1.29 is 9.90 Å². The monoisotopic (exact) mass is 410 g/mol. The van der Waals surface area contributed by atoms with E-state index < -0.39 is 11.9 Å². The highest BCUT2D eigenvalue weighted by Gasteiger charge is 2.23. The van der Waals surface area contributed by atoms with Gasteiger partial charge in [-0.15, -0.1) is 0 Å². The molecule has 3 aromatic rings. The maximum absolute atomic E-state index is 12.5. The predicted molar refractivity (Wildman–Crippen MR) is 112 cm³/mol. The minimum Gasteiger partial charge on any atom is -0.507 e. The number of nitrogens with zero attached hydrogens (tertiary/aromatic N) is 1. The Bertz CT molecular complexity index is 1070. The second-order valence-corrected chi connectivity index (χ2v) is 7.09. The number of benzene rings is 3. The number of carbonyl (C=O) groups is 1. The summed E-state index contributed by atoms with van der Waals surface area (Å²) in [6.45, 7) is 9.42. The quantitative estimate of drug-likeness (QED) is 0.498. The highest BCUT2D eigenvalue weighted by molar-refractivity contribution is 6.32. The molecule has 0 aliphatic carbocycles.